The third-order valence-corrected chi connectivity index (χ3v) is 3.82. The molecular formula is C12H11Cl2IN2O2. The zero-order valence-electron chi connectivity index (χ0n) is 9.74. The fraction of sp³-hybridized carbons (Fsp3) is 0.250. The van der Waals surface area contributed by atoms with Crippen LogP contribution in [0.3, 0.4) is 0 Å². The second kappa shape index (κ2) is 6.41. The molecule has 0 radical (unpaired) electrons. The van der Waals surface area contributed by atoms with E-state index in [2.05, 4.69) is 27.6 Å². The largest absolute Gasteiger partial charge is 0.487 e. The van der Waals surface area contributed by atoms with Crippen molar-refractivity contribution in [3.05, 3.63) is 31.9 Å². The Balaban J connectivity index is 2.49. The van der Waals surface area contributed by atoms with Gasteiger partial charge in [0.15, 0.2) is 5.75 Å². The molecule has 0 spiro atoms. The first-order valence-electron chi connectivity index (χ1n) is 5.48. The molecule has 0 amide bonds. The molecule has 1 aromatic carbocycles. The van der Waals surface area contributed by atoms with Crippen LogP contribution in [0.25, 0.3) is 10.9 Å². The van der Waals surface area contributed by atoms with Crippen LogP contribution in [0.4, 0.5) is 0 Å². The molecule has 1 heterocycles. The molecule has 1 aromatic heterocycles. The molecule has 7 heteroatoms. The molecule has 0 saturated carbocycles. The smallest absolute Gasteiger partial charge is 0.159 e. The van der Waals surface area contributed by atoms with E-state index in [0.717, 1.165) is 8.96 Å². The molecular weight excluding hydrogens is 402 g/mol. The van der Waals surface area contributed by atoms with Crippen LogP contribution in [-0.4, -0.2) is 29.3 Å². The third kappa shape index (κ3) is 3.41. The Labute approximate surface area is 134 Å². The van der Waals surface area contributed by atoms with Gasteiger partial charge in [-0.15, -0.1) is 0 Å². The van der Waals surface area contributed by atoms with E-state index in [9.17, 15) is 5.11 Å². The standard InChI is InChI=1S/C12H11Cl2IN2O2/c13-8-3-9(15)12(19-5-6(18)4-16)11-7(8)1-2-10(14)17-11/h1-3,6,18H,4-5,16H2. The van der Waals surface area contributed by atoms with Gasteiger partial charge < -0.3 is 15.6 Å². The zero-order valence-corrected chi connectivity index (χ0v) is 13.4. The Kier molecular flexibility index (Phi) is 5.08. The van der Waals surface area contributed by atoms with Crippen LogP contribution in [-0.2, 0) is 0 Å². The number of nitrogens with two attached hydrogens (primary N) is 1. The van der Waals surface area contributed by atoms with Gasteiger partial charge in [-0.05, 0) is 40.8 Å². The van der Waals surface area contributed by atoms with E-state index in [1.807, 2.05) is 0 Å². The van der Waals surface area contributed by atoms with Crippen LogP contribution >= 0.6 is 45.8 Å². The quantitative estimate of drug-likeness (QED) is 0.598. The lowest BCUT2D eigenvalue weighted by Crippen LogP contribution is -2.26. The van der Waals surface area contributed by atoms with Crippen molar-refractivity contribution in [1.29, 1.82) is 0 Å². The van der Waals surface area contributed by atoms with Crippen molar-refractivity contribution in [2.45, 2.75) is 6.10 Å². The highest BCUT2D eigenvalue weighted by Crippen LogP contribution is 2.35. The minimum absolute atomic E-state index is 0.0947. The number of halogens is 3. The number of rotatable bonds is 4. The number of hydrogen-bond donors (Lipinski definition) is 2. The van der Waals surface area contributed by atoms with Crippen molar-refractivity contribution >= 4 is 56.7 Å². The van der Waals surface area contributed by atoms with E-state index in [0.29, 0.717) is 21.4 Å². The maximum atomic E-state index is 9.47. The Hall–Kier alpha value is -0.340. The van der Waals surface area contributed by atoms with Crippen molar-refractivity contribution in [2.24, 2.45) is 5.73 Å². The van der Waals surface area contributed by atoms with Crippen LogP contribution in [0, 0.1) is 3.57 Å². The van der Waals surface area contributed by atoms with E-state index in [1.165, 1.54) is 0 Å². The lowest BCUT2D eigenvalue weighted by atomic mass is 10.2. The average molecular weight is 413 g/mol. The van der Waals surface area contributed by atoms with Crippen LogP contribution in [0.1, 0.15) is 0 Å². The van der Waals surface area contributed by atoms with E-state index in [-0.39, 0.29) is 13.2 Å². The summed E-state index contributed by atoms with van der Waals surface area (Å²) < 4.78 is 6.40. The molecule has 2 aromatic rings. The first-order chi connectivity index (χ1) is 9.02. The predicted molar refractivity (Wildman–Crippen MR) is 85.0 cm³/mol. The van der Waals surface area contributed by atoms with Crippen LogP contribution in [0.5, 0.6) is 5.75 Å². The first-order valence-corrected chi connectivity index (χ1v) is 7.31. The van der Waals surface area contributed by atoms with Crippen molar-refractivity contribution in [3.63, 3.8) is 0 Å². The SMILES string of the molecule is NCC(O)COc1c(I)cc(Cl)c2ccc(Cl)nc12. The molecule has 0 bridgehead atoms. The molecule has 4 nitrogen and oxygen atoms in total. The van der Waals surface area contributed by atoms with Gasteiger partial charge in [-0.3, -0.25) is 0 Å². The number of fused-ring (bicyclic) bond motifs is 1. The predicted octanol–water partition coefficient (Wildman–Crippen LogP) is 2.84. The summed E-state index contributed by atoms with van der Waals surface area (Å²) in [5.74, 6) is 0.551. The van der Waals surface area contributed by atoms with Crippen LogP contribution < -0.4 is 10.5 Å². The van der Waals surface area contributed by atoms with Crippen LogP contribution in [0.2, 0.25) is 10.2 Å². The van der Waals surface area contributed by atoms with Gasteiger partial charge in [0.05, 0.1) is 8.59 Å². The fourth-order valence-corrected chi connectivity index (χ4v) is 2.87. The third-order valence-electron chi connectivity index (χ3n) is 2.50. The maximum absolute atomic E-state index is 9.47. The average Bonchev–Trinajstić information content (AvgIpc) is 2.37. The summed E-state index contributed by atoms with van der Waals surface area (Å²) in [6, 6.07) is 5.24. The topological polar surface area (TPSA) is 68.4 Å². The van der Waals surface area contributed by atoms with Gasteiger partial charge in [-0.25, -0.2) is 4.98 Å². The molecule has 19 heavy (non-hydrogen) atoms. The molecule has 2 rings (SSSR count). The highest BCUT2D eigenvalue weighted by atomic mass is 127. The number of aliphatic hydroxyl groups excluding tert-OH is 1. The van der Waals surface area contributed by atoms with Gasteiger partial charge in [0.1, 0.15) is 23.4 Å². The van der Waals surface area contributed by atoms with Gasteiger partial charge in [0.25, 0.3) is 0 Å². The van der Waals surface area contributed by atoms with E-state index in [1.54, 1.807) is 18.2 Å². The fourth-order valence-electron chi connectivity index (χ4n) is 1.55. The lowest BCUT2D eigenvalue weighted by Gasteiger charge is -2.14. The molecule has 0 saturated heterocycles. The van der Waals surface area contributed by atoms with E-state index >= 15 is 0 Å². The molecule has 102 valence electrons. The Morgan fingerprint density at radius 3 is 2.84 bits per heavy atom. The molecule has 0 fully saturated rings. The zero-order chi connectivity index (χ0) is 14.0. The van der Waals surface area contributed by atoms with Crippen molar-refractivity contribution in [2.75, 3.05) is 13.2 Å². The summed E-state index contributed by atoms with van der Waals surface area (Å²) in [6.07, 6.45) is -0.722. The van der Waals surface area contributed by atoms with Crippen molar-refractivity contribution in [1.82, 2.24) is 4.98 Å². The number of aromatic nitrogens is 1. The second-order valence-corrected chi connectivity index (χ2v) is 5.86. The van der Waals surface area contributed by atoms with Gasteiger partial charge in [-0.2, -0.15) is 0 Å². The van der Waals surface area contributed by atoms with E-state index in [4.69, 9.17) is 33.7 Å². The molecule has 0 aliphatic heterocycles. The summed E-state index contributed by atoms with van der Waals surface area (Å²) in [5, 5.41) is 11.2. The first kappa shape index (κ1) is 15.1. The van der Waals surface area contributed by atoms with E-state index < -0.39 is 6.10 Å². The highest BCUT2D eigenvalue weighted by Gasteiger charge is 2.14. The van der Waals surface area contributed by atoms with Gasteiger partial charge in [0, 0.05) is 11.9 Å². The summed E-state index contributed by atoms with van der Waals surface area (Å²) in [5.41, 5.74) is 5.92. The Morgan fingerprint density at radius 1 is 1.42 bits per heavy atom. The monoisotopic (exact) mass is 412 g/mol. The maximum Gasteiger partial charge on any atom is 0.159 e. The molecule has 3 N–H and O–H groups in total. The molecule has 1 atom stereocenters. The second-order valence-electron chi connectivity index (χ2n) is 3.90. The van der Waals surface area contributed by atoms with Crippen LogP contribution in [0.15, 0.2) is 18.2 Å². The number of ether oxygens (including phenoxy) is 1. The summed E-state index contributed by atoms with van der Waals surface area (Å²) in [6.45, 7) is 0.230. The molecule has 0 aliphatic carbocycles. The summed E-state index contributed by atoms with van der Waals surface area (Å²) in [4.78, 5) is 4.24. The van der Waals surface area contributed by atoms with Crippen molar-refractivity contribution < 1.29 is 9.84 Å². The number of pyridine rings is 1. The number of hydrogen-bond acceptors (Lipinski definition) is 4. The van der Waals surface area contributed by atoms with Gasteiger partial charge >= 0.3 is 0 Å². The molecule has 1 unspecified atom stereocenters. The van der Waals surface area contributed by atoms with Gasteiger partial charge in [0.2, 0.25) is 0 Å². The Bertz CT molecular complexity index is 610. The highest BCUT2D eigenvalue weighted by molar-refractivity contribution is 14.1. The Morgan fingerprint density at radius 2 is 2.16 bits per heavy atom. The lowest BCUT2D eigenvalue weighted by molar-refractivity contribution is 0.114. The minimum atomic E-state index is -0.722. The number of nitrogens with zero attached hydrogens (tertiary/aromatic N) is 1. The minimum Gasteiger partial charge on any atom is -0.487 e. The van der Waals surface area contributed by atoms with Crippen molar-refractivity contribution in [3.8, 4) is 5.75 Å². The number of aliphatic hydroxyl groups is 1. The summed E-state index contributed by atoms with van der Waals surface area (Å²) in [7, 11) is 0. The van der Waals surface area contributed by atoms with Gasteiger partial charge in [-0.1, -0.05) is 23.2 Å². The normalized spacial score (nSPS) is 12.7. The molecule has 0 aliphatic rings. The summed E-state index contributed by atoms with van der Waals surface area (Å²) >= 11 is 14.2. The number of benzene rings is 1.